The van der Waals surface area contributed by atoms with Gasteiger partial charge in [-0.15, -0.1) is 0 Å². The summed E-state index contributed by atoms with van der Waals surface area (Å²) in [6.07, 6.45) is 6.01. The number of hydrogen-bond acceptors (Lipinski definition) is 6. The van der Waals surface area contributed by atoms with Gasteiger partial charge in [0.25, 0.3) is 0 Å². The summed E-state index contributed by atoms with van der Waals surface area (Å²) < 4.78 is 6.90. The zero-order valence-electron chi connectivity index (χ0n) is 13.6. The largest absolute Gasteiger partial charge is 0.341 e. The SMILES string of the molecule is CN(Cc1cnn(C)c1)C(=O)CCc1nc(-c2ccccn2)no1. The van der Waals surface area contributed by atoms with Crippen molar-refractivity contribution in [2.24, 2.45) is 7.05 Å². The lowest BCUT2D eigenvalue weighted by Crippen LogP contribution is -2.26. The van der Waals surface area contributed by atoms with E-state index in [0.29, 0.717) is 36.8 Å². The van der Waals surface area contributed by atoms with Crippen LogP contribution in [0.4, 0.5) is 0 Å². The molecule has 0 radical (unpaired) electrons. The van der Waals surface area contributed by atoms with Gasteiger partial charge in [-0.3, -0.25) is 14.5 Å². The molecule has 0 spiro atoms. The monoisotopic (exact) mass is 326 g/mol. The molecule has 124 valence electrons. The van der Waals surface area contributed by atoms with Crippen LogP contribution >= 0.6 is 0 Å². The Morgan fingerprint density at radius 3 is 2.96 bits per heavy atom. The minimum absolute atomic E-state index is 0.0106. The van der Waals surface area contributed by atoms with E-state index in [1.165, 1.54) is 0 Å². The topological polar surface area (TPSA) is 89.9 Å². The summed E-state index contributed by atoms with van der Waals surface area (Å²) in [5, 5.41) is 7.99. The minimum Gasteiger partial charge on any atom is -0.341 e. The fourth-order valence-electron chi connectivity index (χ4n) is 2.28. The second-order valence-electron chi connectivity index (χ2n) is 5.50. The van der Waals surface area contributed by atoms with Crippen molar-refractivity contribution in [3.8, 4) is 11.5 Å². The molecule has 0 bridgehead atoms. The van der Waals surface area contributed by atoms with Crippen LogP contribution in [-0.2, 0) is 24.8 Å². The molecule has 8 heteroatoms. The molecule has 0 aliphatic carbocycles. The van der Waals surface area contributed by atoms with Gasteiger partial charge in [-0.25, -0.2) is 0 Å². The van der Waals surface area contributed by atoms with Crippen molar-refractivity contribution in [2.45, 2.75) is 19.4 Å². The van der Waals surface area contributed by atoms with Crippen LogP contribution in [0.5, 0.6) is 0 Å². The number of aryl methyl sites for hydroxylation is 2. The lowest BCUT2D eigenvalue weighted by Gasteiger charge is -2.15. The minimum atomic E-state index is 0.0106. The molecule has 0 unspecified atom stereocenters. The molecular formula is C16H18N6O2. The normalized spacial score (nSPS) is 10.8. The molecule has 0 saturated carbocycles. The van der Waals surface area contributed by atoms with Crippen LogP contribution in [0.25, 0.3) is 11.5 Å². The number of aromatic nitrogens is 5. The Bertz CT molecular complexity index is 811. The highest BCUT2D eigenvalue weighted by atomic mass is 16.5. The maximum atomic E-state index is 12.2. The predicted octanol–water partition coefficient (Wildman–Crippen LogP) is 1.46. The van der Waals surface area contributed by atoms with Crippen LogP contribution in [0.1, 0.15) is 17.9 Å². The third-order valence-corrected chi connectivity index (χ3v) is 3.52. The summed E-state index contributed by atoms with van der Waals surface area (Å²) in [6.45, 7) is 0.524. The molecule has 24 heavy (non-hydrogen) atoms. The number of pyridine rings is 1. The first-order chi connectivity index (χ1) is 11.6. The molecule has 3 aromatic heterocycles. The third kappa shape index (κ3) is 3.83. The first kappa shape index (κ1) is 15.9. The van der Waals surface area contributed by atoms with Crippen molar-refractivity contribution in [3.05, 3.63) is 48.2 Å². The van der Waals surface area contributed by atoms with E-state index in [1.54, 1.807) is 29.0 Å². The van der Waals surface area contributed by atoms with Crippen molar-refractivity contribution in [2.75, 3.05) is 7.05 Å². The molecule has 0 N–H and O–H groups in total. The van der Waals surface area contributed by atoms with E-state index >= 15 is 0 Å². The standard InChI is InChI=1S/C16H18N6O2/c1-21(10-12-9-18-22(2)11-12)15(23)7-6-14-19-16(20-24-14)13-5-3-4-8-17-13/h3-5,8-9,11H,6-7,10H2,1-2H3. The summed E-state index contributed by atoms with van der Waals surface area (Å²) in [5.74, 6) is 0.872. The molecule has 0 aliphatic rings. The molecular weight excluding hydrogens is 308 g/mol. The second-order valence-corrected chi connectivity index (χ2v) is 5.50. The lowest BCUT2D eigenvalue weighted by atomic mass is 10.2. The van der Waals surface area contributed by atoms with Gasteiger partial charge < -0.3 is 9.42 Å². The number of carbonyl (C=O) groups is 1. The molecule has 1 amide bonds. The number of rotatable bonds is 6. The maximum absolute atomic E-state index is 12.2. The van der Waals surface area contributed by atoms with Gasteiger partial charge in [-0.05, 0) is 12.1 Å². The molecule has 0 atom stereocenters. The third-order valence-electron chi connectivity index (χ3n) is 3.52. The average Bonchev–Trinajstić information content (AvgIpc) is 3.22. The van der Waals surface area contributed by atoms with Crippen LogP contribution in [0.2, 0.25) is 0 Å². The van der Waals surface area contributed by atoms with Crippen molar-refractivity contribution in [1.82, 2.24) is 29.8 Å². The van der Waals surface area contributed by atoms with Crippen LogP contribution in [0, 0.1) is 0 Å². The van der Waals surface area contributed by atoms with Crippen LogP contribution < -0.4 is 0 Å². The van der Waals surface area contributed by atoms with Crippen LogP contribution in [-0.4, -0.2) is 42.8 Å². The highest BCUT2D eigenvalue weighted by Gasteiger charge is 2.14. The molecule has 8 nitrogen and oxygen atoms in total. The number of nitrogens with zero attached hydrogens (tertiary/aromatic N) is 6. The van der Waals surface area contributed by atoms with E-state index in [0.717, 1.165) is 5.56 Å². The molecule has 0 saturated heterocycles. The van der Waals surface area contributed by atoms with Gasteiger partial charge in [0.15, 0.2) is 0 Å². The molecule has 3 rings (SSSR count). The van der Waals surface area contributed by atoms with Gasteiger partial charge in [-0.1, -0.05) is 11.2 Å². The van der Waals surface area contributed by atoms with Gasteiger partial charge in [0.05, 0.1) is 6.20 Å². The first-order valence-corrected chi connectivity index (χ1v) is 7.57. The van der Waals surface area contributed by atoms with Gasteiger partial charge in [0, 0.05) is 51.4 Å². The Morgan fingerprint density at radius 1 is 1.38 bits per heavy atom. The Labute approximate surface area is 139 Å². The highest BCUT2D eigenvalue weighted by Crippen LogP contribution is 2.13. The van der Waals surface area contributed by atoms with Gasteiger partial charge >= 0.3 is 0 Å². The molecule has 0 aromatic carbocycles. The number of hydrogen-bond donors (Lipinski definition) is 0. The first-order valence-electron chi connectivity index (χ1n) is 7.57. The van der Waals surface area contributed by atoms with Gasteiger partial charge in [0.1, 0.15) is 5.69 Å². The fourth-order valence-corrected chi connectivity index (χ4v) is 2.28. The molecule has 3 aromatic rings. The second kappa shape index (κ2) is 7.03. The van der Waals surface area contributed by atoms with Crippen molar-refractivity contribution in [1.29, 1.82) is 0 Å². The van der Waals surface area contributed by atoms with E-state index in [4.69, 9.17) is 4.52 Å². The Balaban J connectivity index is 1.53. The van der Waals surface area contributed by atoms with Crippen molar-refractivity contribution >= 4 is 5.91 Å². The van der Waals surface area contributed by atoms with Crippen LogP contribution in [0.3, 0.4) is 0 Å². The summed E-state index contributed by atoms with van der Waals surface area (Å²) in [7, 11) is 3.61. The molecule has 3 heterocycles. The number of amides is 1. The van der Waals surface area contributed by atoms with Crippen molar-refractivity contribution < 1.29 is 9.32 Å². The average molecular weight is 326 g/mol. The Kier molecular flexibility index (Phi) is 4.64. The zero-order chi connectivity index (χ0) is 16.9. The van der Waals surface area contributed by atoms with E-state index < -0.39 is 0 Å². The summed E-state index contributed by atoms with van der Waals surface area (Å²) in [5.41, 5.74) is 1.64. The van der Waals surface area contributed by atoms with Gasteiger partial charge in [0.2, 0.25) is 17.6 Å². The highest BCUT2D eigenvalue weighted by molar-refractivity contribution is 5.76. The summed E-state index contributed by atoms with van der Waals surface area (Å²) >= 11 is 0. The van der Waals surface area contributed by atoms with E-state index in [2.05, 4.69) is 20.2 Å². The summed E-state index contributed by atoms with van der Waals surface area (Å²) in [6, 6.07) is 5.48. The predicted molar refractivity (Wildman–Crippen MR) is 85.5 cm³/mol. The van der Waals surface area contributed by atoms with Crippen molar-refractivity contribution in [3.63, 3.8) is 0 Å². The molecule has 0 aliphatic heterocycles. The smallest absolute Gasteiger partial charge is 0.227 e. The van der Waals surface area contributed by atoms with Crippen LogP contribution in [0.15, 0.2) is 41.3 Å². The fraction of sp³-hybridized carbons (Fsp3) is 0.312. The quantitative estimate of drug-likeness (QED) is 0.681. The lowest BCUT2D eigenvalue weighted by molar-refractivity contribution is -0.130. The maximum Gasteiger partial charge on any atom is 0.227 e. The van der Waals surface area contributed by atoms with E-state index in [1.807, 2.05) is 31.4 Å². The Hall–Kier alpha value is -3.03. The zero-order valence-corrected chi connectivity index (χ0v) is 13.6. The van der Waals surface area contributed by atoms with E-state index in [9.17, 15) is 4.79 Å². The summed E-state index contributed by atoms with van der Waals surface area (Å²) in [4.78, 5) is 22.3. The van der Waals surface area contributed by atoms with E-state index in [-0.39, 0.29) is 5.91 Å². The molecule has 0 fully saturated rings. The Morgan fingerprint density at radius 2 is 2.25 bits per heavy atom. The van der Waals surface area contributed by atoms with Gasteiger partial charge in [-0.2, -0.15) is 10.1 Å². The number of carbonyl (C=O) groups excluding carboxylic acids is 1.